The molecule has 0 aliphatic carbocycles. The van der Waals surface area contributed by atoms with Crippen LogP contribution < -0.4 is 22.9 Å². The fourth-order valence-corrected chi connectivity index (χ4v) is 0. The molecule has 0 saturated carbocycles. The molecule has 0 radical (unpaired) electrons. The normalized spacial score (nSPS) is 6.00. The summed E-state index contributed by atoms with van der Waals surface area (Å²) in [6.07, 6.45) is 0. The Balaban J connectivity index is -0.0000000482. The summed E-state index contributed by atoms with van der Waals surface area (Å²) >= 11 is 7.74. The molecule has 0 atom stereocenters. The number of nitrogens with two attached hydrogens (primary N) is 4. The van der Waals surface area contributed by atoms with E-state index in [0.29, 0.717) is 0 Å². The highest BCUT2D eigenvalue weighted by molar-refractivity contribution is 7.80. The van der Waals surface area contributed by atoms with E-state index < -0.39 is 10.3 Å². The van der Waals surface area contributed by atoms with Crippen molar-refractivity contribution >= 4 is 34.8 Å². The zero-order valence-corrected chi connectivity index (χ0v) is 10.1. The van der Waals surface area contributed by atoms with Crippen LogP contribution in [0.25, 0.3) is 0 Å². The highest BCUT2D eigenvalue weighted by Crippen LogP contribution is 1.40. The van der Waals surface area contributed by atoms with E-state index in [0.717, 1.165) is 13.1 Å². The second kappa shape index (κ2) is 29.5. The molecule has 0 spiro atoms. The zero-order valence-electron chi connectivity index (χ0n) is 8.43. The van der Waals surface area contributed by atoms with Crippen molar-refractivity contribution in [2.75, 3.05) is 13.1 Å². The topological polar surface area (TPSA) is 145 Å². The lowest BCUT2D eigenvalue weighted by Crippen LogP contribution is -2.03. The van der Waals surface area contributed by atoms with Gasteiger partial charge in [0.1, 0.15) is 0 Å². The van der Waals surface area contributed by atoms with E-state index in [4.69, 9.17) is 21.7 Å². The van der Waals surface area contributed by atoms with Crippen molar-refractivity contribution in [1.82, 2.24) is 0 Å². The average Bonchev–Trinajstić information content (AvgIpc) is 1.85. The predicted molar refractivity (Wildman–Crippen MR) is 68.3 cm³/mol. The smallest absolute Gasteiger partial charge is 0.251 e. The minimum atomic E-state index is -0.500. The molecular weight excluding hydrogens is 224 g/mol. The summed E-state index contributed by atoms with van der Waals surface area (Å²) in [5.41, 5.74) is 18.5. The number of aliphatic hydroxyl groups is 2. The van der Waals surface area contributed by atoms with Gasteiger partial charge in [0.25, 0.3) is 10.3 Å². The van der Waals surface area contributed by atoms with E-state index in [1.54, 1.807) is 0 Å². The first-order valence-corrected chi connectivity index (χ1v) is 4.48. The highest BCUT2D eigenvalue weighted by Gasteiger charge is 1.57. The lowest BCUT2D eigenvalue weighted by atomic mass is 10.8. The molecule has 0 aromatic carbocycles. The first kappa shape index (κ1) is 23.3. The molecule has 0 rings (SSSR count). The number of hydrogen-bond acceptors (Lipinski definition) is 4. The Morgan fingerprint density at radius 1 is 0.929 bits per heavy atom. The van der Waals surface area contributed by atoms with Crippen LogP contribution in [-0.4, -0.2) is 33.7 Å². The highest BCUT2D eigenvalue weighted by atomic mass is 32.1. The molecule has 14 heavy (non-hydrogen) atoms. The Morgan fingerprint density at radius 3 is 0.929 bits per heavy atom. The van der Waals surface area contributed by atoms with E-state index in [-0.39, 0.29) is 0 Å². The van der Waals surface area contributed by atoms with Crippen molar-refractivity contribution in [3.63, 3.8) is 0 Å². The number of aliphatic hydroxyl groups excluding tert-OH is 2. The van der Waals surface area contributed by atoms with Crippen molar-refractivity contribution in [2.24, 2.45) is 22.9 Å². The maximum absolute atomic E-state index is 7.56. The number of rotatable bonds is 0. The van der Waals surface area contributed by atoms with E-state index in [1.165, 1.54) is 0 Å². The Morgan fingerprint density at radius 2 is 0.929 bits per heavy atom. The summed E-state index contributed by atoms with van der Waals surface area (Å²) in [5.74, 6) is 0. The molecule has 0 aliphatic rings. The molecule has 10 N–H and O–H groups in total. The van der Waals surface area contributed by atoms with Crippen LogP contribution in [0.1, 0.15) is 13.8 Å². The van der Waals surface area contributed by atoms with Crippen molar-refractivity contribution in [3.05, 3.63) is 0 Å². The average molecular weight is 244 g/mol. The molecule has 0 fully saturated rings. The van der Waals surface area contributed by atoms with Gasteiger partial charge < -0.3 is 33.1 Å². The number of thiocarbonyl (C=S) groups is 2. The largest absolute Gasteiger partial charge is 0.487 e. The fourth-order valence-electron chi connectivity index (χ4n) is 0. The summed E-state index contributed by atoms with van der Waals surface area (Å²) < 4.78 is 0. The van der Waals surface area contributed by atoms with Crippen molar-refractivity contribution in [2.45, 2.75) is 13.8 Å². The lowest BCUT2D eigenvalue weighted by Gasteiger charge is -1.67. The van der Waals surface area contributed by atoms with E-state index in [1.807, 2.05) is 13.8 Å². The summed E-state index contributed by atoms with van der Waals surface area (Å²) in [4.78, 5) is 0. The van der Waals surface area contributed by atoms with Crippen LogP contribution >= 0.6 is 24.4 Å². The van der Waals surface area contributed by atoms with Crippen LogP contribution in [0.5, 0.6) is 0 Å². The first-order chi connectivity index (χ1) is 6.29. The number of hydrogen-bond donors (Lipinski definition) is 6. The molecular formula is C6H20N4O2S2. The van der Waals surface area contributed by atoms with Gasteiger partial charge in [-0.1, -0.05) is 13.8 Å². The molecule has 0 saturated heterocycles. The molecule has 0 heterocycles. The third-order valence-electron chi connectivity index (χ3n) is 0. The third-order valence-corrected chi connectivity index (χ3v) is 0. The lowest BCUT2D eigenvalue weighted by molar-refractivity contribution is 0.559. The molecule has 0 aromatic rings. The van der Waals surface area contributed by atoms with Crippen LogP contribution in [0.3, 0.4) is 0 Å². The maximum atomic E-state index is 7.56. The molecule has 0 aliphatic heterocycles. The maximum Gasteiger partial charge on any atom is 0.251 e. The summed E-state index contributed by atoms with van der Waals surface area (Å²) in [6.45, 7) is 5.31. The van der Waals surface area contributed by atoms with Crippen LogP contribution in [0.15, 0.2) is 0 Å². The fraction of sp³-hybridized carbons (Fsp3) is 0.667. The second-order valence-electron chi connectivity index (χ2n) is 1.49. The minimum Gasteiger partial charge on any atom is -0.487 e. The van der Waals surface area contributed by atoms with Crippen molar-refractivity contribution in [3.8, 4) is 0 Å². The summed E-state index contributed by atoms with van der Waals surface area (Å²) in [6, 6.07) is 0. The Labute approximate surface area is 95.2 Å². The third kappa shape index (κ3) is 2450. The Hall–Kier alpha value is -0.700. The zero-order chi connectivity index (χ0) is 12.6. The summed E-state index contributed by atoms with van der Waals surface area (Å²) in [7, 11) is 0. The van der Waals surface area contributed by atoms with Crippen LogP contribution in [0.4, 0.5) is 0 Å². The Bertz CT molecular complexity index is 102. The summed E-state index contributed by atoms with van der Waals surface area (Å²) in [5, 5.41) is 14.1. The predicted octanol–water partition coefficient (Wildman–Crippen LogP) is -0.494. The van der Waals surface area contributed by atoms with Crippen LogP contribution in [0.2, 0.25) is 0 Å². The molecule has 6 nitrogen and oxygen atoms in total. The van der Waals surface area contributed by atoms with Gasteiger partial charge in [-0.3, -0.25) is 0 Å². The van der Waals surface area contributed by atoms with Gasteiger partial charge in [-0.05, 0) is 37.5 Å². The van der Waals surface area contributed by atoms with Gasteiger partial charge in [0.2, 0.25) is 0 Å². The Kier molecular flexibility index (Phi) is 49.0. The van der Waals surface area contributed by atoms with E-state index in [9.17, 15) is 0 Å². The van der Waals surface area contributed by atoms with Gasteiger partial charge in [0.15, 0.2) is 0 Å². The quantitative estimate of drug-likeness (QED) is 0.313. The SMILES string of the molecule is CCN.CCN.NC(O)=S.NC(O)=S. The van der Waals surface area contributed by atoms with Gasteiger partial charge in [-0.25, -0.2) is 0 Å². The van der Waals surface area contributed by atoms with Gasteiger partial charge in [-0.15, -0.1) is 0 Å². The van der Waals surface area contributed by atoms with Gasteiger partial charge >= 0.3 is 0 Å². The standard InChI is InChI=1S/2C2H7N.2CH3NOS/c2*1-2-3;2*2-1(3)4/h2*2-3H2,1H3;2*(H3,2,3,4). The van der Waals surface area contributed by atoms with Crippen molar-refractivity contribution < 1.29 is 10.2 Å². The first-order valence-electron chi connectivity index (χ1n) is 3.66. The van der Waals surface area contributed by atoms with Gasteiger partial charge in [0.05, 0.1) is 0 Å². The van der Waals surface area contributed by atoms with Crippen LogP contribution in [0, 0.1) is 0 Å². The van der Waals surface area contributed by atoms with Gasteiger partial charge in [-0.2, -0.15) is 0 Å². The van der Waals surface area contributed by atoms with E-state index in [2.05, 4.69) is 35.9 Å². The minimum absolute atomic E-state index is 0.500. The van der Waals surface area contributed by atoms with Gasteiger partial charge in [0, 0.05) is 0 Å². The molecule has 0 bridgehead atoms. The molecule has 0 amide bonds. The molecule has 0 unspecified atom stereocenters. The molecule has 8 heteroatoms. The van der Waals surface area contributed by atoms with Crippen LogP contribution in [-0.2, 0) is 0 Å². The van der Waals surface area contributed by atoms with Crippen molar-refractivity contribution in [1.29, 1.82) is 0 Å². The van der Waals surface area contributed by atoms with E-state index >= 15 is 0 Å². The molecule has 88 valence electrons. The second-order valence-corrected chi connectivity index (χ2v) is 2.33. The molecule has 0 aromatic heterocycles. The monoisotopic (exact) mass is 244 g/mol.